The van der Waals surface area contributed by atoms with Crippen LogP contribution in [0.2, 0.25) is 0 Å². The minimum absolute atomic E-state index is 0.314. The Kier molecular flexibility index (Phi) is 4.12. The molecule has 0 aromatic heterocycles. The highest BCUT2D eigenvalue weighted by atomic mass is 16.5. The summed E-state index contributed by atoms with van der Waals surface area (Å²) >= 11 is 0. The summed E-state index contributed by atoms with van der Waals surface area (Å²) in [5.74, 6) is 1.14. The van der Waals surface area contributed by atoms with Crippen molar-refractivity contribution in [3.63, 3.8) is 0 Å². The van der Waals surface area contributed by atoms with Crippen molar-refractivity contribution in [1.82, 2.24) is 0 Å². The summed E-state index contributed by atoms with van der Waals surface area (Å²) in [5.41, 5.74) is 1.25. The van der Waals surface area contributed by atoms with Crippen molar-refractivity contribution in [1.29, 1.82) is 0 Å². The zero-order valence-electron chi connectivity index (χ0n) is 9.07. The molecule has 0 heterocycles. The molecule has 15 heavy (non-hydrogen) atoms. The monoisotopic (exact) mass is 210 g/mol. The van der Waals surface area contributed by atoms with E-state index in [1.54, 1.807) is 26.4 Å². The van der Waals surface area contributed by atoms with Gasteiger partial charge in [-0.1, -0.05) is 0 Å². The van der Waals surface area contributed by atoms with Crippen LogP contribution in [0.4, 0.5) is 0 Å². The van der Waals surface area contributed by atoms with Crippen LogP contribution in [-0.2, 0) is 11.3 Å². The predicted molar refractivity (Wildman–Crippen MR) is 55.6 cm³/mol. The Morgan fingerprint density at radius 2 is 1.93 bits per heavy atom. The summed E-state index contributed by atoms with van der Waals surface area (Å²) in [6.07, 6.45) is 0.774. The highest BCUT2D eigenvalue weighted by molar-refractivity contribution is 5.79. The van der Waals surface area contributed by atoms with Crippen molar-refractivity contribution in [2.24, 2.45) is 0 Å². The highest BCUT2D eigenvalue weighted by Gasteiger charge is 2.13. The molecule has 0 N–H and O–H groups in total. The van der Waals surface area contributed by atoms with Crippen molar-refractivity contribution in [3.8, 4) is 11.5 Å². The molecule has 0 fully saturated rings. The van der Waals surface area contributed by atoms with Crippen LogP contribution in [0.1, 0.15) is 15.9 Å². The number of ether oxygens (including phenoxy) is 3. The Morgan fingerprint density at radius 1 is 1.20 bits per heavy atom. The Bertz CT molecular complexity index is 347. The first kappa shape index (κ1) is 11.5. The molecule has 0 unspecified atom stereocenters. The molecule has 0 saturated carbocycles. The number of carbonyl (C=O) groups is 1. The second-order valence-electron chi connectivity index (χ2n) is 2.92. The number of aldehydes is 1. The molecular weight excluding hydrogens is 196 g/mol. The molecule has 0 atom stereocenters. The van der Waals surface area contributed by atoms with E-state index in [1.165, 1.54) is 7.11 Å². The van der Waals surface area contributed by atoms with Gasteiger partial charge in [-0.15, -0.1) is 0 Å². The first-order chi connectivity index (χ1) is 7.28. The largest absolute Gasteiger partial charge is 0.493 e. The van der Waals surface area contributed by atoms with E-state index in [0.29, 0.717) is 29.2 Å². The van der Waals surface area contributed by atoms with E-state index in [1.807, 2.05) is 0 Å². The van der Waals surface area contributed by atoms with Gasteiger partial charge in [0, 0.05) is 18.2 Å². The van der Waals surface area contributed by atoms with E-state index in [2.05, 4.69) is 0 Å². The van der Waals surface area contributed by atoms with Crippen LogP contribution in [0.5, 0.6) is 11.5 Å². The standard InChI is InChI=1S/C11H14O4/c1-13-7-9-8(6-12)4-5-10(14-2)11(9)15-3/h4-6H,7H2,1-3H3. The molecule has 82 valence electrons. The highest BCUT2D eigenvalue weighted by Crippen LogP contribution is 2.33. The van der Waals surface area contributed by atoms with Gasteiger partial charge in [-0.05, 0) is 12.1 Å². The van der Waals surface area contributed by atoms with Crippen LogP contribution in [0.3, 0.4) is 0 Å². The van der Waals surface area contributed by atoms with Crippen molar-refractivity contribution in [3.05, 3.63) is 23.3 Å². The molecule has 0 aliphatic heterocycles. The Labute approximate surface area is 88.8 Å². The molecule has 4 heteroatoms. The smallest absolute Gasteiger partial charge is 0.166 e. The van der Waals surface area contributed by atoms with Crippen LogP contribution in [0, 0.1) is 0 Å². The number of carbonyl (C=O) groups excluding carboxylic acids is 1. The molecule has 0 spiro atoms. The summed E-state index contributed by atoms with van der Waals surface area (Å²) in [6, 6.07) is 3.38. The quantitative estimate of drug-likeness (QED) is 0.693. The number of hydrogen-bond donors (Lipinski definition) is 0. The predicted octanol–water partition coefficient (Wildman–Crippen LogP) is 1.66. The van der Waals surface area contributed by atoms with Crippen molar-refractivity contribution >= 4 is 6.29 Å². The molecule has 1 aromatic carbocycles. The third kappa shape index (κ3) is 2.27. The van der Waals surface area contributed by atoms with Gasteiger partial charge in [0.15, 0.2) is 17.8 Å². The maximum Gasteiger partial charge on any atom is 0.166 e. The average molecular weight is 210 g/mol. The number of methoxy groups -OCH3 is 3. The van der Waals surface area contributed by atoms with Crippen LogP contribution >= 0.6 is 0 Å². The van der Waals surface area contributed by atoms with E-state index in [9.17, 15) is 4.79 Å². The maximum absolute atomic E-state index is 10.8. The van der Waals surface area contributed by atoms with E-state index in [-0.39, 0.29) is 0 Å². The summed E-state index contributed by atoms with van der Waals surface area (Å²) in [7, 11) is 4.65. The van der Waals surface area contributed by atoms with Gasteiger partial charge in [-0.2, -0.15) is 0 Å². The first-order valence-electron chi connectivity index (χ1n) is 4.46. The lowest BCUT2D eigenvalue weighted by molar-refractivity contribution is 0.111. The zero-order chi connectivity index (χ0) is 11.3. The molecule has 0 radical (unpaired) electrons. The van der Waals surface area contributed by atoms with Gasteiger partial charge in [0.25, 0.3) is 0 Å². The molecule has 1 rings (SSSR count). The number of benzene rings is 1. The number of hydrogen-bond acceptors (Lipinski definition) is 4. The van der Waals surface area contributed by atoms with Crippen molar-refractivity contribution in [2.45, 2.75) is 6.61 Å². The van der Waals surface area contributed by atoms with Crippen molar-refractivity contribution < 1.29 is 19.0 Å². The van der Waals surface area contributed by atoms with E-state index >= 15 is 0 Å². The summed E-state index contributed by atoms with van der Waals surface area (Å²) in [5, 5.41) is 0. The van der Waals surface area contributed by atoms with Gasteiger partial charge < -0.3 is 14.2 Å². The maximum atomic E-state index is 10.8. The fourth-order valence-corrected chi connectivity index (χ4v) is 1.41. The van der Waals surface area contributed by atoms with Crippen LogP contribution in [0.25, 0.3) is 0 Å². The molecular formula is C11H14O4. The van der Waals surface area contributed by atoms with Gasteiger partial charge >= 0.3 is 0 Å². The molecule has 0 bridgehead atoms. The topological polar surface area (TPSA) is 44.8 Å². The summed E-state index contributed by atoms with van der Waals surface area (Å²) in [4.78, 5) is 10.8. The van der Waals surface area contributed by atoms with E-state index < -0.39 is 0 Å². The van der Waals surface area contributed by atoms with Gasteiger partial charge in [0.1, 0.15) is 0 Å². The van der Waals surface area contributed by atoms with E-state index in [0.717, 1.165) is 6.29 Å². The third-order valence-electron chi connectivity index (χ3n) is 2.10. The molecule has 0 amide bonds. The van der Waals surface area contributed by atoms with Gasteiger partial charge in [0.05, 0.1) is 20.8 Å². The molecule has 0 aliphatic carbocycles. The minimum atomic E-state index is 0.314. The normalized spacial score (nSPS) is 9.80. The first-order valence-corrected chi connectivity index (χ1v) is 4.46. The third-order valence-corrected chi connectivity index (χ3v) is 2.10. The molecule has 0 aliphatic rings. The fraction of sp³-hybridized carbons (Fsp3) is 0.364. The molecule has 1 aromatic rings. The van der Waals surface area contributed by atoms with Crippen LogP contribution in [0.15, 0.2) is 12.1 Å². The van der Waals surface area contributed by atoms with Gasteiger partial charge in [-0.25, -0.2) is 0 Å². The fourth-order valence-electron chi connectivity index (χ4n) is 1.41. The Hall–Kier alpha value is -1.55. The lowest BCUT2D eigenvalue weighted by Gasteiger charge is -2.13. The summed E-state index contributed by atoms with van der Waals surface area (Å²) in [6.45, 7) is 0.314. The summed E-state index contributed by atoms with van der Waals surface area (Å²) < 4.78 is 15.3. The van der Waals surface area contributed by atoms with E-state index in [4.69, 9.17) is 14.2 Å². The second kappa shape index (κ2) is 5.36. The lowest BCUT2D eigenvalue weighted by atomic mass is 10.1. The van der Waals surface area contributed by atoms with Gasteiger partial charge in [-0.3, -0.25) is 4.79 Å². The zero-order valence-corrected chi connectivity index (χ0v) is 9.07. The van der Waals surface area contributed by atoms with Crippen molar-refractivity contribution in [2.75, 3.05) is 21.3 Å². The SMILES string of the molecule is COCc1c(C=O)ccc(OC)c1OC. The minimum Gasteiger partial charge on any atom is -0.493 e. The molecule has 4 nitrogen and oxygen atoms in total. The molecule has 0 saturated heterocycles. The lowest BCUT2D eigenvalue weighted by Crippen LogP contribution is -2.01. The Morgan fingerprint density at radius 3 is 2.40 bits per heavy atom. The second-order valence-corrected chi connectivity index (χ2v) is 2.92. The Balaban J connectivity index is 3.30. The number of rotatable bonds is 5. The van der Waals surface area contributed by atoms with Gasteiger partial charge in [0.2, 0.25) is 0 Å². The average Bonchev–Trinajstić information content (AvgIpc) is 2.28. The van der Waals surface area contributed by atoms with Crippen LogP contribution < -0.4 is 9.47 Å². The van der Waals surface area contributed by atoms with Crippen LogP contribution in [-0.4, -0.2) is 27.6 Å².